The normalized spacial score (nSPS) is 15.8. The van der Waals surface area contributed by atoms with E-state index in [1.54, 1.807) is 30.3 Å². The Bertz CT molecular complexity index is 311. The first-order valence-corrected chi connectivity index (χ1v) is 5.02. The van der Waals surface area contributed by atoms with E-state index in [0.717, 1.165) is 0 Å². The van der Waals surface area contributed by atoms with Crippen molar-refractivity contribution in [2.75, 3.05) is 6.54 Å². The van der Waals surface area contributed by atoms with Gasteiger partial charge in [0, 0.05) is 12.6 Å². The van der Waals surface area contributed by atoms with E-state index in [2.05, 4.69) is 0 Å². The van der Waals surface area contributed by atoms with Crippen LogP contribution in [-0.2, 0) is 0 Å². The molecule has 2 nitrogen and oxygen atoms in total. The van der Waals surface area contributed by atoms with Gasteiger partial charge in [0.15, 0.2) is 0 Å². The van der Waals surface area contributed by atoms with Crippen LogP contribution >= 0.6 is 0 Å². The predicted molar refractivity (Wildman–Crippen MR) is 56.6 cm³/mol. The fourth-order valence-electron chi connectivity index (χ4n) is 1.51. The molecule has 0 aliphatic carbocycles. The van der Waals surface area contributed by atoms with E-state index in [1.165, 1.54) is 0 Å². The molecule has 0 saturated carbocycles. The summed E-state index contributed by atoms with van der Waals surface area (Å²) >= 11 is 0. The summed E-state index contributed by atoms with van der Waals surface area (Å²) in [6, 6.07) is 8.10. The Hall–Kier alpha value is -1.07. The summed E-state index contributed by atoms with van der Waals surface area (Å²) in [6.45, 7) is -0.427. The molecule has 16 heavy (non-hydrogen) atoms. The van der Waals surface area contributed by atoms with Crippen molar-refractivity contribution in [2.45, 2.75) is 18.6 Å². The van der Waals surface area contributed by atoms with E-state index in [4.69, 9.17) is 11.5 Å². The molecule has 0 aliphatic heterocycles. The fraction of sp³-hybridized carbons (Fsp3) is 0.455. The second-order valence-corrected chi connectivity index (χ2v) is 3.73. The first-order valence-electron chi connectivity index (χ1n) is 5.02. The van der Waals surface area contributed by atoms with Crippen LogP contribution in [0.3, 0.4) is 0 Å². The smallest absolute Gasteiger partial charge is 0.330 e. The van der Waals surface area contributed by atoms with Crippen LogP contribution in [0, 0.1) is 5.92 Å². The molecule has 90 valence electrons. The SMILES string of the molecule is NC[C@H](C[C@H](N)c1ccccc1)C(F)(F)F. The molecule has 1 aromatic rings. The zero-order valence-electron chi connectivity index (χ0n) is 8.74. The highest BCUT2D eigenvalue weighted by Gasteiger charge is 2.39. The minimum absolute atomic E-state index is 0.177. The molecule has 4 N–H and O–H groups in total. The molecule has 0 fully saturated rings. The van der Waals surface area contributed by atoms with Gasteiger partial charge in [-0.2, -0.15) is 13.2 Å². The quantitative estimate of drug-likeness (QED) is 0.836. The number of alkyl halides is 3. The molecule has 0 unspecified atom stereocenters. The summed E-state index contributed by atoms with van der Waals surface area (Å²) in [5.74, 6) is -1.54. The molecule has 0 aliphatic rings. The van der Waals surface area contributed by atoms with E-state index in [0.29, 0.717) is 5.56 Å². The van der Waals surface area contributed by atoms with Crippen molar-refractivity contribution in [3.63, 3.8) is 0 Å². The van der Waals surface area contributed by atoms with Gasteiger partial charge in [0.1, 0.15) is 0 Å². The van der Waals surface area contributed by atoms with Crippen LogP contribution in [-0.4, -0.2) is 12.7 Å². The lowest BCUT2D eigenvalue weighted by Gasteiger charge is -2.22. The number of benzene rings is 1. The third-order valence-electron chi connectivity index (χ3n) is 2.51. The summed E-state index contributed by atoms with van der Waals surface area (Å²) in [5.41, 5.74) is 11.5. The van der Waals surface area contributed by atoms with Gasteiger partial charge in [-0.3, -0.25) is 0 Å². The second-order valence-electron chi connectivity index (χ2n) is 3.73. The van der Waals surface area contributed by atoms with Gasteiger partial charge in [-0.15, -0.1) is 0 Å². The largest absolute Gasteiger partial charge is 0.393 e. The Morgan fingerprint density at radius 2 is 1.69 bits per heavy atom. The first-order chi connectivity index (χ1) is 7.45. The number of rotatable bonds is 4. The molecule has 0 aromatic heterocycles. The molecule has 0 radical (unpaired) electrons. The minimum Gasteiger partial charge on any atom is -0.330 e. The number of hydrogen-bond acceptors (Lipinski definition) is 2. The number of hydrogen-bond donors (Lipinski definition) is 2. The van der Waals surface area contributed by atoms with Gasteiger partial charge in [-0.25, -0.2) is 0 Å². The molecule has 0 bridgehead atoms. The van der Waals surface area contributed by atoms with E-state index >= 15 is 0 Å². The monoisotopic (exact) mass is 232 g/mol. The van der Waals surface area contributed by atoms with Gasteiger partial charge in [-0.1, -0.05) is 30.3 Å². The summed E-state index contributed by atoms with van der Waals surface area (Å²) in [6.07, 6.45) is -4.45. The van der Waals surface area contributed by atoms with E-state index in [1.807, 2.05) is 0 Å². The van der Waals surface area contributed by atoms with Crippen LogP contribution in [0.1, 0.15) is 18.0 Å². The van der Waals surface area contributed by atoms with Crippen molar-refractivity contribution in [2.24, 2.45) is 17.4 Å². The van der Waals surface area contributed by atoms with Crippen LogP contribution in [0.4, 0.5) is 13.2 Å². The molecular formula is C11H15F3N2. The van der Waals surface area contributed by atoms with Gasteiger partial charge < -0.3 is 11.5 Å². The Labute approximate surface area is 92.4 Å². The third kappa shape index (κ3) is 3.50. The summed E-state index contributed by atoms with van der Waals surface area (Å²) in [5, 5.41) is 0. The highest BCUT2D eigenvalue weighted by atomic mass is 19.4. The zero-order valence-corrected chi connectivity index (χ0v) is 8.74. The third-order valence-corrected chi connectivity index (χ3v) is 2.51. The second kappa shape index (κ2) is 5.32. The molecule has 0 spiro atoms. The average Bonchev–Trinajstić information content (AvgIpc) is 2.25. The molecule has 0 saturated heterocycles. The van der Waals surface area contributed by atoms with Crippen LogP contribution < -0.4 is 11.5 Å². The molecule has 1 rings (SSSR count). The van der Waals surface area contributed by atoms with Gasteiger partial charge >= 0.3 is 6.18 Å². The van der Waals surface area contributed by atoms with Crippen molar-refractivity contribution in [3.05, 3.63) is 35.9 Å². The first kappa shape index (κ1) is 13.0. The van der Waals surface area contributed by atoms with E-state index < -0.39 is 24.7 Å². The summed E-state index contributed by atoms with van der Waals surface area (Å²) in [4.78, 5) is 0. The fourth-order valence-corrected chi connectivity index (χ4v) is 1.51. The number of halogens is 3. The van der Waals surface area contributed by atoms with Crippen molar-refractivity contribution >= 4 is 0 Å². The maximum absolute atomic E-state index is 12.5. The summed E-state index contributed by atoms with van der Waals surface area (Å²) in [7, 11) is 0. The Kier molecular flexibility index (Phi) is 4.32. The highest BCUT2D eigenvalue weighted by molar-refractivity contribution is 5.18. The topological polar surface area (TPSA) is 52.0 Å². The maximum atomic E-state index is 12.5. The van der Waals surface area contributed by atoms with Crippen molar-refractivity contribution in [1.29, 1.82) is 0 Å². The van der Waals surface area contributed by atoms with Crippen LogP contribution in [0.2, 0.25) is 0 Å². The van der Waals surface area contributed by atoms with Crippen LogP contribution in [0.15, 0.2) is 30.3 Å². The predicted octanol–water partition coefficient (Wildman–Crippen LogP) is 2.21. The highest BCUT2D eigenvalue weighted by Crippen LogP contribution is 2.31. The van der Waals surface area contributed by atoms with Gasteiger partial charge in [0.05, 0.1) is 5.92 Å². The molecule has 1 aromatic carbocycles. The Balaban J connectivity index is 2.67. The lowest BCUT2D eigenvalue weighted by atomic mass is 9.95. The maximum Gasteiger partial charge on any atom is 0.393 e. The standard InChI is InChI=1S/C11H15F3N2/c12-11(13,14)9(7-15)6-10(16)8-4-2-1-3-5-8/h1-5,9-10H,6-7,15-16H2/t9-,10-/m0/s1. The molecule has 0 amide bonds. The van der Waals surface area contributed by atoms with E-state index in [9.17, 15) is 13.2 Å². The van der Waals surface area contributed by atoms with Crippen LogP contribution in [0.5, 0.6) is 0 Å². The number of nitrogens with two attached hydrogens (primary N) is 2. The Morgan fingerprint density at radius 1 is 1.12 bits per heavy atom. The van der Waals surface area contributed by atoms with Crippen LogP contribution in [0.25, 0.3) is 0 Å². The van der Waals surface area contributed by atoms with Crippen molar-refractivity contribution in [3.8, 4) is 0 Å². The van der Waals surface area contributed by atoms with Crippen molar-refractivity contribution < 1.29 is 13.2 Å². The minimum atomic E-state index is -4.28. The molecule has 0 heterocycles. The van der Waals surface area contributed by atoms with Gasteiger partial charge in [-0.05, 0) is 12.0 Å². The van der Waals surface area contributed by atoms with Crippen molar-refractivity contribution in [1.82, 2.24) is 0 Å². The van der Waals surface area contributed by atoms with Gasteiger partial charge in [0.2, 0.25) is 0 Å². The molecule has 5 heteroatoms. The molecular weight excluding hydrogens is 217 g/mol. The average molecular weight is 232 g/mol. The zero-order chi connectivity index (χ0) is 12.2. The summed E-state index contributed by atoms with van der Waals surface area (Å²) < 4.78 is 37.4. The van der Waals surface area contributed by atoms with E-state index in [-0.39, 0.29) is 6.42 Å². The lowest BCUT2D eigenvalue weighted by molar-refractivity contribution is -0.174. The Morgan fingerprint density at radius 3 is 2.12 bits per heavy atom. The van der Waals surface area contributed by atoms with Gasteiger partial charge in [0.25, 0.3) is 0 Å². The lowest BCUT2D eigenvalue weighted by Crippen LogP contribution is -2.33. The molecule has 2 atom stereocenters.